The Morgan fingerprint density at radius 2 is 1.96 bits per heavy atom. The van der Waals surface area contributed by atoms with Gasteiger partial charge in [0, 0.05) is 29.6 Å². The van der Waals surface area contributed by atoms with E-state index in [0.29, 0.717) is 0 Å². The summed E-state index contributed by atoms with van der Waals surface area (Å²) >= 11 is 1.70. The molecule has 0 spiro atoms. The normalized spacial score (nSPS) is 19.4. The third-order valence-electron chi connectivity index (χ3n) is 4.55. The van der Waals surface area contributed by atoms with E-state index in [1.807, 2.05) is 18.3 Å². The lowest BCUT2D eigenvalue weighted by Gasteiger charge is -2.17. The molecule has 2 N–H and O–H groups in total. The molecule has 0 radical (unpaired) electrons. The van der Waals surface area contributed by atoms with Crippen LogP contribution in [0.1, 0.15) is 27.6 Å². The van der Waals surface area contributed by atoms with E-state index in [0.717, 1.165) is 23.5 Å². The van der Waals surface area contributed by atoms with Crippen molar-refractivity contribution in [2.24, 2.45) is 0 Å². The molecule has 0 saturated heterocycles. The number of nitrogens with zero attached hydrogens (tertiary/aromatic N) is 1. The molecule has 0 amide bonds. The first-order chi connectivity index (χ1) is 11.7. The summed E-state index contributed by atoms with van der Waals surface area (Å²) in [6.45, 7) is 2.81. The molecular weight excluding hydrogens is 316 g/mol. The molecule has 122 valence electrons. The number of nitrogens with one attached hydrogen (secondary N) is 1. The Bertz CT molecular complexity index is 841. The molecule has 0 aliphatic heterocycles. The van der Waals surface area contributed by atoms with Gasteiger partial charge in [-0.05, 0) is 18.1 Å². The topological polar surface area (TPSA) is 45.2 Å². The van der Waals surface area contributed by atoms with Crippen molar-refractivity contribution in [2.75, 3.05) is 0 Å². The highest BCUT2D eigenvalue weighted by Crippen LogP contribution is 2.32. The molecule has 2 atom stereocenters. The number of aromatic nitrogens is 1. The van der Waals surface area contributed by atoms with Crippen LogP contribution in [0.4, 0.5) is 0 Å². The zero-order valence-electron chi connectivity index (χ0n) is 13.6. The van der Waals surface area contributed by atoms with E-state index >= 15 is 0 Å². The molecule has 3 aromatic rings. The SMILES string of the molecule is Cc1ccc(-c2ncc(CN[C@@H]3c4ccccc4C[C@@H]3O)s2)cc1. The van der Waals surface area contributed by atoms with Crippen molar-refractivity contribution in [3.05, 3.63) is 76.3 Å². The first-order valence-corrected chi connectivity index (χ1v) is 9.03. The second-order valence-corrected chi connectivity index (χ2v) is 7.44. The van der Waals surface area contributed by atoms with Crippen molar-refractivity contribution < 1.29 is 5.11 Å². The lowest BCUT2D eigenvalue weighted by Crippen LogP contribution is -2.28. The fraction of sp³-hybridized carbons (Fsp3) is 0.250. The van der Waals surface area contributed by atoms with Gasteiger partial charge in [-0.2, -0.15) is 0 Å². The molecule has 0 saturated carbocycles. The number of aryl methyl sites for hydroxylation is 1. The van der Waals surface area contributed by atoms with Gasteiger partial charge in [-0.3, -0.25) is 0 Å². The minimum absolute atomic E-state index is 0.00567. The second-order valence-electron chi connectivity index (χ2n) is 6.33. The predicted octanol–water partition coefficient (Wildman–Crippen LogP) is 3.87. The standard InChI is InChI=1S/C20H20N2OS/c1-13-6-8-14(9-7-13)20-22-12-16(24-20)11-21-19-17-5-3-2-4-15(17)10-18(19)23/h2-9,12,18-19,21,23H,10-11H2,1H3/t18-,19+/m0/s1. The van der Waals surface area contributed by atoms with Gasteiger partial charge in [0.05, 0.1) is 12.1 Å². The summed E-state index contributed by atoms with van der Waals surface area (Å²) in [4.78, 5) is 5.72. The molecule has 1 heterocycles. The number of hydrogen-bond acceptors (Lipinski definition) is 4. The maximum atomic E-state index is 10.3. The minimum atomic E-state index is -0.355. The average molecular weight is 336 g/mol. The average Bonchev–Trinajstić information content (AvgIpc) is 3.17. The summed E-state index contributed by atoms with van der Waals surface area (Å²) in [5.74, 6) is 0. The van der Waals surface area contributed by atoms with Crippen LogP contribution in [0.15, 0.2) is 54.7 Å². The van der Waals surface area contributed by atoms with Crippen molar-refractivity contribution >= 4 is 11.3 Å². The summed E-state index contributed by atoms with van der Waals surface area (Å²) in [5.41, 5.74) is 4.87. The molecule has 2 aromatic carbocycles. The van der Waals surface area contributed by atoms with Crippen LogP contribution in [-0.2, 0) is 13.0 Å². The zero-order chi connectivity index (χ0) is 16.5. The number of rotatable bonds is 4. The van der Waals surface area contributed by atoms with Gasteiger partial charge in [-0.15, -0.1) is 11.3 Å². The Hall–Kier alpha value is -2.01. The lowest BCUT2D eigenvalue weighted by atomic mass is 10.1. The molecule has 3 nitrogen and oxygen atoms in total. The van der Waals surface area contributed by atoms with Crippen LogP contribution in [0, 0.1) is 6.92 Å². The fourth-order valence-corrected chi connectivity index (χ4v) is 4.12. The molecule has 24 heavy (non-hydrogen) atoms. The molecule has 4 rings (SSSR count). The van der Waals surface area contributed by atoms with Crippen molar-refractivity contribution in [2.45, 2.75) is 32.0 Å². The molecular formula is C20H20N2OS. The molecule has 0 unspecified atom stereocenters. The van der Waals surface area contributed by atoms with Gasteiger partial charge >= 0.3 is 0 Å². The monoisotopic (exact) mass is 336 g/mol. The number of aliphatic hydroxyl groups excluding tert-OH is 1. The van der Waals surface area contributed by atoms with Gasteiger partial charge in [0.25, 0.3) is 0 Å². The van der Waals surface area contributed by atoms with E-state index in [2.05, 4.69) is 53.6 Å². The molecule has 0 bridgehead atoms. The van der Waals surface area contributed by atoms with Crippen LogP contribution in [0.3, 0.4) is 0 Å². The Labute approximate surface area is 146 Å². The summed E-state index contributed by atoms with van der Waals surface area (Å²) in [7, 11) is 0. The maximum Gasteiger partial charge on any atom is 0.123 e. The summed E-state index contributed by atoms with van der Waals surface area (Å²) in [5, 5.41) is 14.9. The van der Waals surface area contributed by atoms with Crippen LogP contribution in [0.25, 0.3) is 10.6 Å². The Kier molecular flexibility index (Phi) is 4.19. The highest BCUT2D eigenvalue weighted by molar-refractivity contribution is 7.15. The van der Waals surface area contributed by atoms with Crippen molar-refractivity contribution in [1.29, 1.82) is 0 Å². The van der Waals surface area contributed by atoms with Gasteiger partial charge in [0.15, 0.2) is 0 Å². The lowest BCUT2D eigenvalue weighted by molar-refractivity contribution is 0.141. The third-order valence-corrected chi connectivity index (χ3v) is 5.60. The van der Waals surface area contributed by atoms with E-state index in [-0.39, 0.29) is 12.1 Å². The quantitative estimate of drug-likeness (QED) is 0.760. The van der Waals surface area contributed by atoms with E-state index in [4.69, 9.17) is 0 Å². The Balaban J connectivity index is 1.46. The van der Waals surface area contributed by atoms with Crippen LogP contribution < -0.4 is 5.32 Å². The number of aliphatic hydroxyl groups is 1. The first kappa shape index (κ1) is 15.5. The van der Waals surface area contributed by atoms with Crippen LogP contribution in [-0.4, -0.2) is 16.2 Å². The number of thiazole rings is 1. The van der Waals surface area contributed by atoms with Gasteiger partial charge in [0.1, 0.15) is 5.01 Å². The van der Waals surface area contributed by atoms with E-state index in [1.54, 1.807) is 11.3 Å². The molecule has 0 fully saturated rings. The van der Waals surface area contributed by atoms with Crippen molar-refractivity contribution in [3.8, 4) is 10.6 Å². The van der Waals surface area contributed by atoms with E-state index in [1.165, 1.54) is 21.6 Å². The third kappa shape index (κ3) is 3.00. The summed E-state index contributed by atoms with van der Waals surface area (Å²) in [6.07, 6.45) is 2.30. The van der Waals surface area contributed by atoms with Gasteiger partial charge in [-0.1, -0.05) is 54.1 Å². The summed E-state index contributed by atoms with van der Waals surface area (Å²) in [6, 6.07) is 16.7. The highest BCUT2D eigenvalue weighted by atomic mass is 32.1. The molecule has 1 aromatic heterocycles. The largest absolute Gasteiger partial charge is 0.391 e. The Morgan fingerprint density at radius 3 is 2.79 bits per heavy atom. The van der Waals surface area contributed by atoms with E-state index in [9.17, 15) is 5.11 Å². The van der Waals surface area contributed by atoms with Crippen molar-refractivity contribution in [3.63, 3.8) is 0 Å². The van der Waals surface area contributed by atoms with Crippen molar-refractivity contribution in [1.82, 2.24) is 10.3 Å². The van der Waals surface area contributed by atoms with Crippen LogP contribution in [0.5, 0.6) is 0 Å². The maximum absolute atomic E-state index is 10.3. The van der Waals surface area contributed by atoms with Gasteiger partial charge in [-0.25, -0.2) is 4.98 Å². The van der Waals surface area contributed by atoms with Gasteiger partial charge < -0.3 is 10.4 Å². The number of fused-ring (bicyclic) bond motifs is 1. The highest BCUT2D eigenvalue weighted by Gasteiger charge is 2.30. The smallest absolute Gasteiger partial charge is 0.123 e. The predicted molar refractivity (Wildman–Crippen MR) is 98.0 cm³/mol. The molecule has 1 aliphatic carbocycles. The molecule has 1 aliphatic rings. The van der Waals surface area contributed by atoms with E-state index < -0.39 is 0 Å². The van der Waals surface area contributed by atoms with Crippen LogP contribution >= 0.6 is 11.3 Å². The second kappa shape index (κ2) is 6.48. The van der Waals surface area contributed by atoms with Gasteiger partial charge in [0.2, 0.25) is 0 Å². The Morgan fingerprint density at radius 1 is 1.17 bits per heavy atom. The molecule has 4 heteroatoms. The fourth-order valence-electron chi connectivity index (χ4n) is 3.25. The first-order valence-electron chi connectivity index (χ1n) is 8.22. The minimum Gasteiger partial charge on any atom is -0.391 e. The van der Waals surface area contributed by atoms with Crippen LogP contribution in [0.2, 0.25) is 0 Å². The number of hydrogen-bond donors (Lipinski definition) is 2. The number of benzene rings is 2. The summed E-state index contributed by atoms with van der Waals surface area (Å²) < 4.78 is 0. The zero-order valence-corrected chi connectivity index (χ0v) is 14.4.